The topological polar surface area (TPSA) is 60.4 Å². The van der Waals surface area contributed by atoms with Crippen LogP contribution < -0.4 is 0 Å². The molecule has 7 atom stereocenters. The molecule has 0 aromatic heterocycles. The number of hydrogen-bond acceptors (Lipinski definition) is 4. The summed E-state index contributed by atoms with van der Waals surface area (Å²) in [6, 6.07) is 0. The van der Waals surface area contributed by atoms with E-state index in [1.807, 2.05) is 13.0 Å². The molecule has 0 aliphatic heterocycles. The Bertz CT molecular complexity index is 707. The van der Waals surface area contributed by atoms with Crippen LogP contribution in [-0.2, 0) is 19.1 Å². The molecule has 0 amide bonds. The first-order valence-electron chi connectivity index (χ1n) is 10.1. The summed E-state index contributed by atoms with van der Waals surface area (Å²) in [4.78, 5) is 37.6. The van der Waals surface area contributed by atoms with E-state index in [0.717, 1.165) is 25.7 Å². The Balaban J connectivity index is 1.71. The largest absolute Gasteiger partial charge is 0.455 e. The second kappa shape index (κ2) is 5.77. The van der Waals surface area contributed by atoms with Crippen molar-refractivity contribution in [3.8, 4) is 0 Å². The van der Waals surface area contributed by atoms with Crippen LogP contribution in [0.5, 0.6) is 0 Å². The summed E-state index contributed by atoms with van der Waals surface area (Å²) in [6.45, 7) is 7.97. The minimum Gasteiger partial charge on any atom is -0.455 e. The van der Waals surface area contributed by atoms with Gasteiger partial charge in [0, 0.05) is 18.3 Å². The molecule has 26 heavy (non-hydrogen) atoms. The van der Waals surface area contributed by atoms with Gasteiger partial charge < -0.3 is 4.74 Å². The first kappa shape index (κ1) is 17.9. The predicted octanol–water partition coefficient (Wildman–Crippen LogP) is 3.88. The molecule has 4 heteroatoms. The summed E-state index contributed by atoms with van der Waals surface area (Å²) in [6.07, 6.45) is 6.87. The lowest BCUT2D eigenvalue weighted by atomic mass is 9.47. The zero-order valence-corrected chi connectivity index (χ0v) is 16.3. The molecule has 4 aliphatic rings. The molecule has 4 rings (SSSR count). The standard InChI is InChI=1S/C22H30O4/c1-12-5-7-21(3)14(9-12)10-17(24)19-15(21)6-8-22(4)16(19)11-18(20(22)25)26-13(2)23/h10,12,15-16,18-19H,5-9,11H2,1-4H3/t12-,15?,16?,18+,19?,21-,22-/m0/s1. The third-order valence-corrected chi connectivity index (χ3v) is 8.21. The van der Waals surface area contributed by atoms with Crippen molar-refractivity contribution in [1.82, 2.24) is 0 Å². The summed E-state index contributed by atoms with van der Waals surface area (Å²) in [5.74, 6) is 0.704. The number of hydrogen-bond donors (Lipinski definition) is 0. The second-order valence-corrected chi connectivity index (χ2v) is 9.73. The highest BCUT2D eigenvalue weighted by molar-refractivity contribution is 5.98. The molecule has 3 saturated carbocycles. The van der Waals surface area contributed by atoms with Crippen molar-refractivity contribution in [2.75, 3.05) is 0 Å². The van der Waals surface area contributed by atoms with Crippen molar-refractivity contribution in [3.63, 3.8) is 0 Å². The second-order valence-electron chi connectivity index (χ2n) is 9.73. The van der Waals surface area contributed by atoms with Gasteiger partial charge in [0.15, 0.2) is 17.7 Å². The summed E-state index contributed by atoms with van der Waals surface area (Å²) in [7, 11) is 0. The van der Waals surface area contributed by atoms with E-state index < -0.39 is 17.5 Å². The zero-order chi connectivity index (χ0) is 18.9. The summed E-state index contributed by atoms with van der Waals surface area (Å²) in [5.41, 5.74) is 0.905. The maximum absolute atomic E-state index is 13.2. The van der Waals surface area contributed by atoms with Crippen molar-refractivity contribution in [3.05, 3.63) is 11.6 Å². The Kier molecular flexibility index (Phi) is 3.98. The lowest BCUT2D eigenvalue weighted by molar-refractivity contribution is -0.153. The lowest BCUT2D eigenvalue weighted by Gasteiger charge is -2.55. The van der Waals surface area contributed by atoms with Crippen LogP contribution in [0.3, 0.4) is 0 Å². The van der Waals surface area contributed by atoms with Gasteiger partial charge in [0.1, 0.15) is 0 Å². The number of Topliss-reactive ketones (excluding diaryl/α,β-unsaturated/α-hetero) is 1. The number of fused-ring (bicyclic) bond motifs is 5. The molecule has 0 aromatic carbocycles. The number of esters is 1. The van der Waals surface area contributed by atoms with Crippen molar-refractivity contribution in [1.29, 1.82) is 0 Å². The maximum Gasteiger partial charge on any atom is 0.303 e. The third kappa shape index (κ3) is 2.36. The van der Waals surface area contributed by atoms with Crippen LogP contribution in [0.2, 0.25) is 0 Å². The molecular weight excluding hydrogens is 328 g/mol. The summed E-state index contributed by atoms with van der Waals surface area (Å²) in [5, 5.41) is 0. The zero-order valence-electron chi connectivity index (χ0n) is 16.3. The molecular formula is C22H30O4. The van der Waals surface area contributed by atoms with Crippen LogP contribution in [0.25, 0.3) is 0 Å². The van der Waals surface area contributed by atoms with Gasteiger partial charge in [-0.05, 0) is 67.8 Å². The van der Waals surface area contributed by atoms with Crippen LogP contribution in [-0.4, -0.2) is 23.6 Å². The Morgan fingerprint density at radius 2 is 1.81 bits per heavy atom. The molecule has 4 aliphatic carbocycles. The molecule has 0 radical (unpaired) electrons. The maximum atomic E-state index is 13.2. The summed E-state index contributed by atoms with van der Waals surface area (Å²) >= 11 is 0. The molecule has 142 valence electrons. The Morgan fingerprint density at radius 1 is 1.12 bits per heavy atom. The number of allylic oxidation sites excluding steroid dienone is 2. The molecule has 0 bridgehead atoms. The van der Waals surface area contributed by atoms with E-state index in [-0.39, 0.29) is 28.8 Å². The van der Waals surface area contributed by atoms with E-state index in [9.17, 15) is 14.4 Å². The monoisotopic (exact) mass is 358 g/mol. The molecule has 0 N–H and O–H groups in total. The highest BCUT2D eigenvalue weighted by atomic mass is 16.5. The number of carbonyl (C=O) groups excluding carboxylic acids is 3. The molecule has 0 heterocycles. The Morgan fingerprint density at radius 3 is 2.50 bits per heavy atom. The number of carbonyl (C=O) groups is 3. The Labute approximate surface area is 155 Å². The third-order valence-electron chi connectivity index (χ3n) is 8.21. The van der Waals surface area contributed by atoms with Crippen LogP contribution in [0.1, 0.15) is 66.2 Å². The summed E-state index contributed by atoms with van der Waals surface area (Å²) < 4.78 is 5.33. The molecule has 4 nitrogen and oxygen atoms in total. The van der Waals surface area contributed by atoms with Crippen molar-refractivity contribution in [2.24, 2.45) is 34.5 Å². The molecule has 3 fully saturated rings. The number of rotatable bonds is 1. The smallest absolute Gasteiger partial charge is 0.303 e. The normalized spacial score (nSPS) is 47.5. The average molecular weight is 358 g/mol. The molecule has 3 unspecified atom stereocenters. The molecule has 0 spiro atoms. The number of ketones is 2. The van der Waals surface area contributed by atoms with Crippen LogP contribution >= 0.6 is 0 Å². The molecule has 0 saturated heterocycles. The first-order valence-corrected chi connectivity index (χ1v) is 10.1. The fourth-order valence-corrected chi connectivity index (χ4v) is 6.66. The van der Waals surface area contributed by atoms with Crippen molar-refractivity contribution >= 4 is 17.5 Å². The predicted molar refractivity (Wildman–Crippen MR) is 97.2 cm³/mol. The van der Waals surface area contributed by atoms with E-state index in [1.54, 1.807) is 0 Å². The number of ether oxygens (including phenoxy) is 1. The Hall–Kier alpha value is -1.45. The van der Waals surface area contributed by atoms with E-state index >= 15 is 0 Å². The minimum atomic E-state index is -0.668. The van der Waals surface area contributed by atoms with E-state index in [4.69, 9.17) is 4.74 Å². The lowest BCUT2D eigenvalue weighted by Crippen LogP contribution is -2.53. The van der Waals surface area contributed by atoms with Gasteiger partial charge in [-0.25, -0.2) is 0 Å². The van der Waals surface area contributed by atoms with Crippen LogP contribution in [0, 0.1) is 34.5 Å². The van der Waals surface area contributed by atoms with Gasteiger partial charge in [0.25, 0.3) is 0 Å². The molecule has 0 aromatic rings. The SMILES string of the molecule is CC(=O)O[C@@H]1CC2C3C(=O)C=C4C[C@@H](C)CC[C@]4(C)C3CC[C@]2(C)C1=O. The van der Waals surface area contributed by atoms with E-state index in [0.29, 0.717) is 18.3 Å². The van der Waals surface area contributed by atoms with Crippen LogP contribution in [0.15, 0.2) is 11.6 Å². The van der Waals surface area contributed by atoms with Gasteiger partial charge in [-0.3, -0.25) is 14.4 Å². The van der Waals surface area contributed by atoms with Gasteiger partial charge in [0.2, 0.25) is 0 Å². The van der Waals surface area contributed by atoms with E-state index in [1.165, 1.54) is 18.9 Å². The van der Waals surface area contributed by atoms with Gasteiger partial charge in [-0.1, -0.05) is 26.3 Å². The van der Waals surface area contributed by atoms with Gasteiger partial charge in [-0.2, -0.15) is 0 Å². The quantitative estimate of drug-likeness (QED) is 0.668. The van der Waals surface area contributed by atoms with Crippen LogP contribution in [0.4, 0.5) is 0 Å². The first-order chi connectivity index (χ1) is 12.2. The van der Waals surface area contributed by atoms with Gasteiger partial charge in [0.05, 0.1) is 0 Å². The van der Waals surface area contributed by atoms with Crippen molar-refractivity contribution in [2.45, 2.75) is 72.3 Å². The van der Waals surface area contributed by atoms with Crippen molar-refractivity contribution < 1.29 is 19.1 Å². The highest BCUT2D eigenvalue weighted by Crippen LogP contribution is 2.63. The minimum absolute atomic E-state index is 0.000394. The fraction of sp³-hybridized carbons (Fsp3) is 0.773. The highest BCUT2D eigenvalue weighted by Gasteiger charge is 2.63. The van der Waals surface area contributed by atoms with Gasteiger partial charge in [-0.15, -0.1) is 0 Å². The average Bonchev–Trinajstić information content (AvgIpc) is 2.80. The van der Waals surface area contributed by atoms with E-state index in [2.05, 4.69) is 13.8 Å². The van der Waals surface area contributed by atoms with Gasteiger partial charge >= 0.3 is 5.97 Å². The fourth-order valence-electron chi connectivity index (χ4n) is 6.66.